The van der Waals surface area contributed by atoms with E-state index < -0.39 is 35.5 Å². The van der Waals surface area contributed by atoms with Gasteiger partial charge in [-0.3, -0.25) is 14.4 Å². The highest BCUT2D eigenvalue weighted by molar-refractivity contribution is 6.08. The quantitative estimate of drug-likeness (QED) is 0.322. The van der Waals surface area contributed by atoms with E-state index in [4.69, 9.17) is 23.7 Å². The predicted octanol–water partition coefficient (Wildman–Crippen LogP) is 1.92. The molecule has 0 amide bonds. The molecule has 0 fully saturated rings. The minimum atomic E-state index is -1.21. The van der Waals surface area contributed by atoms with Gasteiger partial charge in [0.05, 0.1) is 26.2 Å². The SMILES string of the molecule is COCCOC(=O)C1C(=O)C=C(C)C(C(=O)OCCOC)C1c1ccccc1OC. The van der Waals surface area contributed by atoms with Crippen molar-refractivity contribution in [1.82, 2.24) is 0 Å². The number of methoxy groups -OCH3 is 3. The average Bonchev–Trinajstić information content (AvgIpc) is 2.73. The summed E-state index contributed by atoms with van der Waals surface area (Å²) in [4.78, 5) is 38.7. The van der Waals surface area contributed by atoms with Crippen LogP contribution < -0.4 is 4.74 Å². The molecule has 0 heterocycles. The van der Waals surface area contributed by atoms with E-state index in [9.17, 15) is 14.4 Å². The van der Waals surface area contributed by atoms with Gasteiger partial charge in [0, 0.05) is 20.1 Å². The maximum Gasteiger partial charge on any atom is 0.317 e. The Labute approximate surface area is 176 Å². The van der Waals surface area contributed by atoms with Crippen molar-refractivity contribution in [2.75, 3.05) is 47.8 Å². The summed E-state index contributed by atoms with van der Waals surface area (Å²) in [7, 11) is 4.47. The number of carbonyl (C=O) groups is 3. The molecule has 164 valence electrons. The predicted molar refractivity (Wildman–Crippen MR) is 107 cm³/mol. The minimum Gasteiger partial charge on any atom is -0.496 e. The summed E-state index contributed by atoms with van der Waals surface area (Å²) >= 11 is 0. The molecule has 0 aliphatic heterocycles. The third-order valence-corrected chi connectivity index (χ3v) is 4.95. The maximum atomic E-state index is 13.0. The Balaban J connectivity index is 2.49. The van der Waals surface area contributed by atoms with Crippen LogP contribution in [-0.4, -0.2) is 65.5 Å². The van der Waals surface area contributed by atoms with E-state index >= 15 is 0 Å². The highest BCUT2D eigenvalue weighted by Gasteiger charge is 2.48. The molecule has 3 atom stereocenters. The van der Waals surface area contributed by atoms with Crippen LogP contribution in [0, 0.1) is 11.8 Å². The summed E-state index contributed by atoms with van der Waals surface area (Å²) in [6.45, 7) is 2.18. The van der Waals surface area contributed by atoms with Gasteiger partial charge in [-0.05, 0) is 24.6 Å². The Morgan fingerprint density at radius 1 is 0.867 bits per heavy atom. The van der Waals surface area contributed by atoms with Gasteiger partial charge in [0.25, 0.3) is 0 Å². The normalized spacial score (nSPS) is 21.0. The van der Waals surface area contributed by atoms with E-state index in [0.717, 1.165) is 0 Å². The van der Waals surface area contributed by atoms with Gasteiger partial charge in [-0.1, -0.05) is 23.8 Å². The molecule has 3 unspecified atom stereocenters. The fourth-order valence-electron chi connectivity index (χ4n) is 3.58. The van der Waals surface area contributed by atoms with Gasteiger partial charge in [0.2, 0.25) is 0 Å². The van der Waals surface area contributed by atoms with E-state index in [2.05, 4.69) is 0 Å². The molecule has 30 heavy (non-hydrogen) atoms. The number of ketones is 1. The zero-order valence-electron chi connectivity index (χ0n) is 17.7. The standard InChI is InChI=1S/C22H28O8/c1-14-13-16(23)20(22(25)30-12-10-27-3)19(15-7-5-6-8-17(15)28-4)18(14)21(24)29-11-9-26-2/h5-8,13,18-20H,9-12H2,1-4H3. The van der Waals surface area contributed by atoms with Crippen LogP contribution in [0.5, 0.6) is 5.75 Å². The van der Waals surface area contributed by atoms with Crippen LogP contribution in [0.4, 0.5) is 0 Å². The van der Waals surface area contributed by atoms with Gasteiger partial charge >= 0.3 is 11.9 Å². The van der Waals surface area contributed by atoms with E-state index in [0.29, 0.717) is 16.9 Å². The topological polar surface area (TPSA) is 97.4 Å². The third kappa shape index (κ3) is 5.46. The number of benzene rings is 1. The van der Waals surface area contributed by atoms with Crippen LogP contribution in [0.25, 0.3) is 0 Å². The second-order valence-corrected chi connectivity index (χ2v) is 6.83. The number of carbonyl (C=O) groups excluding carboxylic acids is 3. The molecule has 1 aromatic carbocycles. The van der Waals surface area contributed by atoms with Gasteiger partial charge in [-0.25, -0.2) is 0 Å². The van der Waals surface area contributed by atoms with Crippen molar-refractivity contribution >= 4 is 17.7 Å². The van der Waals surface area contributed by atoms with Crippen LogP contribution in [0.3, 0.4) is 0 Å². The zero-order chi connectivity index (χ0) is 22.1. The first kappa shape index (κ1) is 23.6. The zero-order valence-corrected chi connectivity index (χ0v) is 17.7. The smallest absolute Gasteiger partial charge is 0.317 e. The van der Waals surface area contributed by atoms with Crippen LogP contribution in [-0.2, 0) is 33.3 Å². The Hall–Kier alpha value is -2.71. The highest BCUT2D eigenvalue weighted by atomic mass is 16.6. The molecule has 8 heteroatoms. The van der Waals surface area contributed by atoms with Crippen molar-refractivity contribution in [2.45, 2.75) is 12.8 Å². The van der Waals surface area contributed by atoms with Crippen molar-refractivity contribution in [1.29, 1.82) is 0 Å². The first-order valence-electron chi connectivity index (χ1n) is 9.62. The Kier molecular flexibility index (Phi) is 9.01. The summed E-state index contributed by atoms with van der Waals surface area (Å²) in [5.41, 5.74) is 1.07. The molecule has 2 rings (SSSR count). The number of hydrogen-bond acceptors (Lipinski definition) is 8. The molecule has 0 aromatic heterocycles. The molecular weight excluding hydrogens is 392 g/mol. The molecule has 1 aromatic rings. The molecule has 0 spiro atoms. The van der Waals surface area contributed by atoms with Gasteiger partial charge in [-0.2, -0.15) is 0 Å². The monoisotopic (exact) mass is 420 g/mol. The summed E-state index contributed by atoms with van der Waals surface area (Å²) < 4.78 is 25.9. The molecule has 1 aliphatic rings. The van der Waals surface area contributed by atoms with Gasteiger partial charge in [0.1, 0.15) is 24.9 Å². The number of allylic oxidation sites excluding steroid dienone is 1. The van der Waals surface area contributed by atoms with Crippen molar-refractivity contribution in [3.05, 3.63) is 41.5 Å². The van der Waals surface area contributed by atoms with Gasteiger partial charge in [-0.15, -0.1) is 0 Å². The summed E-state index contributed by atoms with van der Waals surface area (Å²) in [6.07, 6.45) is 1.32. The fourth-order valence-corrected chi connectivity index (χ4v) is 3.58. The van der Waals surface area contributed by atoms with Crippen molar-refractivity contribution in [3.63, 3.8) is 0 Å². The molecule has 0 saturated heterocycles. The summed E-state index contributed by atoms with van der Waals surface area (Å²) in [6, 6.07) is 6.98. The number of rotatable bonds is 10. The van der Waals surface area contributed by atoms with Crippen LogP contribution in [0.15, 0.2) is 35.9 Å². The van der Waals surface area contributed by atoms with Gasteiger partial charge in [0.15, 0.2) is 5.78 Å². The number of ether oxygens (including phenoxy) is 5. The van der Waals surface area contributed by atoms with Crippen molar-refractivity contribution in [3.8, 4) is 5.75 Å². The van der Waals surface area contributed by atoms with Crippen LogP contribution in [0.1, 0.15) is 18.4 Å². The molecular formula is C22H28O8. The van der Waals surface area contributed by atoms with Crippen molar-refractivity contribution in [2.24, 2.45) is 11.8 Å². The Morgan fingerprint density at radius 2 is 1.43 bits per heavy atom. The lowest BCUT2D eigenvalue weighted by Gasteiger charge is -2.35. The number of para-hydroxylation sites is 1. The lowest BCUT2D eigenvalue weighted by Crippen LogP contribution is -2.42. The largest absolute Gasteiger partial charge is 0.496 e. The van der Waals surface area contributed by atoms with Crippen LogP contribution >= 0.6 is 0 Å². The molecule has 0 N–H and O–H groups in total. The molecule has 1 aliphatic carbocycles. The Bertz CT molecular complexity index is 785. The van der Waals surface area contributed by atoms with E-state index in [1.807, 2.05) is 0 Å². The summed E-state index contributed by atoms with van der Waals surface area (Å²) in [5, 5.41) is 0. The second-order valence-electron chi connectivity index (χ2n) is 6.83. The van der Waals surface area contributed by atoms with Gasteiger partial charge < -0.3 is 23.7 Å². The highest BCUT2D eigenvalue weighted by Crippen LogP contribution is 2.45. The second kappa shape index (κ2) is 11.5. The van der Waals surface area contributed by atoms with E-state index in [-0.39, 0.29) is 26.4 Å². The third-order valence-electron chi connectivity index (χ3n) is 4.95. The van der Waals surface area contributed by atoms with Crippen LogP contribution in [0.2, 0.25) is 0 Å². The first-order chi connectivity index (χ1) is 14.5. The van der Waals surface area contributed by atoms with Crippen molar-refractivity contribution < 1.29 is 38.1 Å². The minimum absolute atomic E-state index is 0.00338. The van der Waals surface area contributed by atoms with E-state index in [1.54, 1.807) is 31.2 Å². The maximum absolute atomic E-state index is 13.0. The lowest BCUT2D eigenvalue weighted by molar-refractivity contribution is -0.156. The lowest BCUT2D eigenvalue weighted by atomic mass is 9.68. The molecule has 0 saturated carbocycles. The summed E-state index contributed by atoms with van der Waals surface area (Å²) in [5.74, 6) is -4.10. The van der Waals surface area contributed by atoms with E-state index in [1.165, 1.54) is 27.4 Å². The molecule has 0 bridgehead atoms. The average molecular weight is 420 g/mol. The molecule has 8 nitrogen and oxygen atoms in total. The Morgan fingerprint density at radius 3 is 2.00 bits per heavy atom. The number of hydrogen-bond donors (Lipinski definition) is 0. The number of esters is 2. The fraction of sp³-hybridized carbons (Fsp3) is 0.500. The first-order valence-corrected chi connectivity index (χ1v) is 9.62. The molecule has 0 radical (unpaired) electrons.